The maximum Gasteiger partial charge on any atom is 0.416 e. The van der Waals surface area contributed by atoms with Gasteiger partial charge in [0.1, 0.15) is 11.6 Å². The molecule has 0 fully saturated rings. The molecule has 0 aliphatic rings. The number of alkyl halides is 21. The second-order valence-corrected chi connectivity index (χ2v) is 21.7. The molecule has 94 heavy (non-hydrogen) atoms. The summed E-state index contributed by atoms with van der Waals surface area (Å²) in [6, 6.07) is 33.8. The van der Waals surface area contributed by atoms with Gasteiger partial charge in [-0.05, 0) is 189 Å². The maximum absolute atomic E-state index is 14.4. The second kappa shape index (κ2) is 22.0. The standard InChI is InChI=1S/C69H31F21N4/c70-63(71,72)44-6-3-5-34(16-44)35-8-12-57-52(23-35)53-24-36(40-17-45(64(73,74)75)29-46(18-40)65(76,77)78)9-13-58(53)93(57)61-27-43(51-7-2-1-4-39(51)32-91)28-62(56(61)33-92)94-59-14-10-37(41-19-47(66(79,80)81)30-48(20-41)67(82,83)84)25-54(59)55-26-38(11-15-60(55)94)42-21-49(68(85,86)87)31-50(22-42)69(88,89)90/h1-31H. The molecule has 0 amide bonds. The zero-order valence-corrected chi connectivity index (χ0v) is 46.6. The van der Waals surface area contributed by atoms with Gasteiger partial charge in [0.25, 0.3) is 0 Å². The molecule has 2 aromatic heterocycles. The third-order valence-corrected chi connectivity index (χ3v) is 15.9. The summed E-state index contributed by atoms with van der Waals surface area (Å²) in [6.45, 7) is 0. The zero-order chi connectivity index (χ0) is 67.7. The van der Waals surface area contributed by atoms with Crippen molar-refractivity contribution in [2.24, 2.45) is 0 Å². The van der Waals surface area contributed by atoms with Crippen LogP contribution in [0.5, 0.6) is 0 Å². The summed E-state index contributed by atoms with van der Waals surface area (Å²) < 4.78 is 304. The first-order chi connectivity index (χ1) is 43.9. The Morgan fingerprint density at radius 1 is 0.245 bits per heavy atom. The van der Waals surface area contributed by atoms with Crippen LogP contribution in [-0.2, 0) is 43.2 Å². The normalized spacial score (nSPS) is 12.9. The van der Waals surface area contributed by atoms with Crippen LogP contribution in [0.25, 0.3) is 111 Å². The summed E-state index contributed by atoms with van der Waals surface area (Å²) in [5, 5.41) is 22.0. The minimum atomic E-state index is -5.35. The summed E-state index contributed by atoms with van der Waals surface area (Å²) in [6.07, 6.45) is -36.8. The predicted molar refractivity (Wildman–Crippen MR) is 307 cm³/mol. The topological polar surface area (TPSA) is 57.4 Å². The Morgan fingerprint density at radius 2 is 0.532 bits per heavy atom. The predicted octanol–water partition coefficient (Wildman–Crippen LogP) is 23.1. The van der Waals surface area contributed by atoms with Gasteiger partial charge in [0.15, 0.2) is 0 Å². The number of rotatable bonds is 7. The van der Waals surface area contributed by atoms with Gasteiger partial charge in [-0.2, -0.15) is 103 Å². The summed E-state index contributed by atoms with van der Waals surface area (Å²) in [5.74, 6) is 0. The number of benzene rings is 10. The molecule has 0 unspecified atom stereocenters. The van der Waals surface area contributed by atoms with E-state index in [4.69, 9.17) is 0 Å². The molecule has 0 radical (unpaired) electrons. The molecule has 4 nitrogen and oxygen atoms in total. The van der Waals surface area contributed by atoms with Crippen molar-refractivity contribution < 1.29 is 92.2 Å². The van der Waals surface area contributed by atoms with Gasteiger partial charge in [0, 0.05) is 21.5 Å². The fourth-order valence-corrected chi connectivity index (χ4v) is 11.6. The number of nitrogens with zero attached hydrogens (tertiary/aromatic N) is 4. The molecule has 0 saturated heterocycles. The van der Waals surface area contributed by atoms with Crippen molar-refractivity contribution in [3.8, 4) is 79.1 Å². The van der Waals surface area contributed by atoms with Crippen molar-refractivity contribution in [3.63, 3.8) is 0 Å². The van der Waals surface area contributed by atoms with Gasteiger partial charge in [-0.1, -0.05) is 54.6 Å². The van der Waals surface area contributed by atoms with E-state index in [1.54, 1.807) is 0 Å². The Morgan fingerprint density at radius 3 is 0.830 bits per heavy atom. The van der Waals surface area contributed by atoms with E-state index >= 15 is 0 Å². The first-order valence-electron chi connectivity index (χ1n) is 27.2. The summed E-state index contributed by atoms with van der Waals surface area (Å²) in [4.78, 5) is 0. The third kappa shape index (κ3) is 11.6. The van der Waals surface area contributed by atoms with Crippen LogP contribution in [-0.4, -0.2) is 9.13 Å². The van der Waals surface area contributed by atoms with Crippen LogP contribution in [0.3, 0.4) is 0 Å². The molecular weight excluding hydrogens is 1280 g/mol. The molecule has 0 aliphatic heterocycles. The lowest BCUT2D eigenvalue weighted by atomic mass is 9.96. The molecule has 0 bridgehead atoms. The minimum Gasteiger partial charge on any atom is -0.308 e. The Kier molecular flexibility index (Phi) is 14.8. The zero-order valence-electron chi connectivity index (χ0n) is 46.6. The Balaban J connectivity index is 1.20. The fourth-order valence-electron chi connectivity index (χ4n) is 11.6. The SMILES string of the molecule is N#Cc1ccccc1-c1cc(-n2c3ccc(-c4cccc(C(F)(F)F)c4)cc3c3cc(-c4cc(C(F)(F)F)cc(C(F)(F)F)c4)ccc32)c(C#N)c(-n2c3ccc(-c4cc(C(F)(F)F)cc(C(F)(F)F)c4)cc3c3cc(-c4cc(C(F)(F)F)cc(C(F)(F)F)c4)ccc32)c1. The lowest BCUT2D eigenvalue weighted by Crippen LogP contribution is -2.11. The highest BCUT2D eigenvalue weighted by atomic mass is 19.4. The number of fused-ring (bicyclic) bond motifs is 6. The summed E-state index contributed by atoms with van der Waals surface area (Å²) in [7, 11) is 0. The molecular formula is C69H31F21N4. The van der Waals surface area contributed by atoms with Crippen LogP contribution in [0.4, 0.5) is 92.2 Å². The van der Waals surface area contributed by atoms with Crippen LogP contribution in [0.2, 0.25) is 0 Å². The van der Waals surface area contributed by atoms with E-state index < -0.39 is 98.9 Å². The van der Waals surface area contributed by atoms with Crippen molar-refractivity contribution >= 4 is 43.6 Å². The average molecular weight is 1310 g/mol. The molecule has 0 aliphatic carbocycles. The number of nitriles is 2. The first-order valence-corrected chi connectivity index (χ1v) is 27.2. The van der Waals surface area contributed by atoms with Crippen molar-refractivity contribution in [2.45, 2.75) is 43.2 Å². The van der Waals surface area contributed by atoms with E-state index in [9.17, 15) is 103 Å². The van der Waals surface area contributed by atoms with Crippen molar-refractivity contribution in [2.75, 3.05) is 0 Å². The van der Waals surface area contributed by atoms with Crippen LogP contribution in [0.1, 0.15) is 50.1 Å². The Labute approximate surface area is 514 Å². The lowest BCUT2D eigenvalue weighted by molar-refractivity contribution is -0.144. The van der Waals surface area contributed by atoms with E-state index in [0.29, 0.717) is 36.4 Å². The van der Waals surface area contributed by atoms with Crippen LogP contribution in [0.15, 0.2) is 188 Å². The van der Waals surface area contributed by atoms with Gasteiger partial charge in [-0.3, -0.25) is 0 Å². The summed E-state index contributed by atoms with van der Waals surface area (Å²) in [5.41, 5.74) is -14.6. The molecule has 0 atom stereocenters. The highest BCUT2D eigenvalue weighted by Gasteiger charge is 2.41. The quantitative estimate of drug-likeness (QED) is 0.149. The molecule has 0 saturated carbocycles. The van der Waals surface area contributed by atoms with Crippen LogP contribution < -0.4 is 0 Å². The lowest BCUT2D eigenvalue weighted by Gasteiger charge is -2.19. The number of hydrogen-bond donors (Lipinski definition) is 0. The van der Waals surface area contributed by atoms with Gasteiger partial charge in [0.05, 0.1) is 84.0 Å². The van der Waals surface area contributed by atoms with E-state index in [0.717, 1.165) is 48.5 Å². The monoisotopic (exact) mass is 1310 g/mol. The fraction of sp³-hybridized carbons (Fsp3) is 0.101. The summed E-state index contributed by atoms with van der Waals surface area (Å²) >= 11 is 0. The van der Waals surface area contributed by atoms with E-state index in [1.165, 1.54) is 94.1 Å². The molecule has 12 rings (SSSR count). The highest BCUT2D eigenvalue weighted by molar-refractivity contribution is 6.14. The molecule has 0 spiro atoms. The van der Waals surface area contributed by atoms with Gasteiger partial charge < -0.3 is 9.13 Å². The number of hydrogen-bond acceptors (Lipinski definition) is 2. The molecule has 10 aromatic carbocycles. The van der Waals surface area contributed by atoms with Gasteiger partial charge >= 0.3 is 43.2 Å². The smallest absolute Gasteiger partial charge is 0.308 e. The van der Waals surface area contributed by atoms with E-state index in [-0.39, 0.29) is 123 Å². The first kappa shape index (κ1) is 63.5. The third-order valence-electron chi connectivity index (χ3n) is 15.9. The molecule has 2 heterocycles. The average Bonchev–Trinajstić information content (AvgIpc) is 1.55. The largest absolute Gasteiger partial charge is 0.416 e. The molecule has 25 heteroatoms. The minimum absolute atomic E-state index is 0.00357. The molecule has 12 aromatic rings. The van der Waals surface area contributed by atoms with Crippen molar-refractivity contribution in [3.05, 3.63) is 238 Å². The van der Waals surface area contributed by atoms with E-state index in [2.05, 4.69) is 12.1 Å². The maximum atomic E-state index is 14.4. The Bertz CT molecular complexity index is 4960. The van der Waals surface area contributed by atoms with Crippen molar-refractivity contribution in [1.29, 1.82) is 10.5 Å². The van der Waals surface area contributed by atoms with E-state index in [1.807, 2.05) is 0 Å². The number of halogens is 21. The molecule has 0 N–H and O–H groups in total. The molecule has 474 valence electrons. The second-order valence-electron chi connectivity index (χ2n) is 21.7. The Hall–Kier alpha value is -10.7. The highest BCUT2D eigenvalue weighted by Crippen LogP contribution is 2.48. The van der Waals surface area contributed by atoms with Gasteiger partial charge in [0.2, 0.25) is 0 Å². The van der Waals surface area contributed by atoms with Gasteiger partial charge in [-0.25, -0.2) is 0 Å². The van der Waals surface area contributed by atoms with Crippen LogP contribution >= 0.6 is 0 Å². The van der Waals surface area contributed by atoms with Crippen LogP contribution in [0, 0.1) is 22.7 Å². The number of aromatic nitrogens is 2. The van der Waals surface area contributed by atoms with Gasteiger partial charge in [-0.15, -0.1) is 0 Å². The van der Waals surface area contributed by atoms with Crippen molar-refractivity contribution in [1.82, 2.24) is 9.13 Å².